The molecule has 2 saturated carbocycles. The zero-order valence-corrected chi connectivity index (χ0v) is 12.9. The first-order valence-electron chi connectivity index (χ1n) is 8.77. The Hall–Kier alpha value is -0.0800. The Balaban J connectivity index is 1.52. The normalized spacial score (nSPS) is 41.4. The van der Waals surface area contributed by atoms with Crippen molar-refractivity contribution in [3.63, 3.8) is 0 Å². The average Bonchev–Trinajstić information content (AvgIpc) is 3.25. The molecule has 19 heavy (non-hydrogen) atoms. The second-order valence-electron chi connectivity index (χ2n) is 7.36. The highest BCUT2D eigenvalue weighted by molar-refractivity contribution is 4.96. The summed E-state index contributed by atoms with van der Waals surface area (Å²) in [7, 11) is 0. The lowest BCUT2D eigenvalue weighted by molar-refractivity contribution is 0.0554. The van der Waals surface area contributed by atoms with Crippen LogP contribution in [0.15, 0.2) is 0 Å². The van der Waals surface area contributed by atoms with E-state index in [4.69, 9.17) is 0 Å². The molecule has 2 heteroatoms. The van der Waals surface area contributed by atoms with Crippen LogP contribution in [0.5, 0.6) is 0 Å². The quantitative estimate of drug-likeness (QED) is 0.837. The molecule has 1 saturated heterocycles. The zero-order chi connectivity index (χ0) is 13.2. The third kappa shape index (κ3) is 3.33. The summed E-state index contributed by atoms with van der Waals surface area (Å²) < 4.78 is 0. The molecule has 3 aliphatic rings. The minimum atomic E-state index is 0.753. The highest BCUT2D eigenvalue weighted by Gasteiger charge is 2.38. The largest absolute Gasteiger partial charge is 0.311 e. The van der Waals surface area contributed by atoms with E-state index in [2.05, 4.69) is 24.1 Å². The van der Waals surface area contributed by atoms with E-state index in [-0.39, 0.29) is 0 Å². The van der Waals surface area contributed by atoms with E-state index in [9.17, 15) is 0 Å². The minimum absolute atomic E-state index is 0.753. The smallest absolute Gasteiger partial charge is 0.0224 e. The fraction of sp³-hybridized carbons (Fsp3) is 1.00. The Morgan fingerprint density at radius 2 is 1.79 bits per heavy atom. The van der Waals surface area contributed by atoms with Gasteiger partial charge in [0.15, 0.2) is 0 Å². The van der Waals surface area contributed by atoms with E-state index in [1.165, 1.54) is 64.5 Å². The molecule has 0 aromatic heterocycles. The van der Waals surface area contributed by atoms with E-state index in [0.29, 0.717) is 0 Å². The molecule has 2 nitrogen and oxygen atoms in total. The Labute approximate surface area is 119 Å². The summed E-state index contributed by atoms with van der Waals surface area (Å²) >= 11 is 0. The van der Waals surface area contributed by atoms with Crippen molar-refractivity contribution >= 4 is 0 Å². The average molecular weight is 264 g/mol. The van der Waals surface area contributed by atoms with E-state index in [1.807, 2.05) is 0 Å². The molecule has 3 fully saturated rings. The predicted molar refractivity (Wildman–Crippen MR) is 81.3 cm³/mol. The van der Waals surface area contributed by atoms with Crippen molar-refractivity contribution in [3.05, 3.63) is 0 Å². The number of hydrogen-bond donors (Lipinski definition) is 1. The summed E-state index contributed by atoms with van der Waals surface area (Å²) in [6.45, 7) is 7.31. The molecule has 0 aromatic rings. The summed E-state index contributed by atoms with van der Waals surface area (Å²) in [6.07, 6.45) is 11.7. The number of hydrogen-bond acceptors (Lipinski definition) is 2. The monoisotopic (exact) mass is 264 g/mol. The highest BCUT2D eigenvalue weighted by Crippen LogP contribution is 2.37. The number of rotatable bonds is 4. The van der Waals surface area contributed by atoms with Crippen LogP contribution in [0.3, 0.4) is 0 Å². The van der Waals surface area contributed by atoms with Gasteiger partial charge >= 0.3 is 0 Å². The van der Waals surface area contributed by atoms with Gasteiger partial charge in [-0.3, -0.25) is 4.90 Å². The van der Waals surface area contributed by atoms with Crippen molar-refractivity contribution in [2.24, 2.45) is 11.8 Å². The molecule has 3 rings (SSSR count). The maximum Gasteiger partial charge on any atom is 0.0224 e. The molecule has 1 heterocycles. The van der Waals surface area contributed by atoms with Gasteiger partial charge in [0.2, 0.25) is 0 Å². The predicted octanol–water partition coefficient (Wildman–Crippen LogP) is 3.42. The van der Waals surface area contributed by atoms with E-state index in [0.717, 1.165) is 30.0 Å². The van der Waals surface area contributed by atoms with Gasteiger partial charge in [0, 0.05) is 31.2 Å². The molecule has 2 aliphatic carbocycles. The van der Waals surface area contributed by atoms with Gasteiger partial charge in [0.25, 0.3) is 0 Å². The van der Waals surface area contributed by atoms with Crippen LogP contribution in [0.1, 0.15) is 65.2 Å². The zero-order valence-electron chi connectivity index (χ0n) is 12.9. The third-order valence-electron chi connectivity index (χ3n) is 5.82. The van der Waals surface area contributed by atoms with E-state index in [1.54, 1.807) is 0 Å². The van der Waals surface area contributed by atoms with Crippen LogP contribution < -0.4 is 5.32 Å². The molecular formula is C17H32N2. The maximum absolute atomic E-state index is 3.79. The second-order valence-corrected chi connectivity index (χ2v) is 7.36. The van der Waals surface area contributed by atoms with Gasteiger partial charge in [-0.1, -0.05) is 19.8 Å². The second kappa shape index (κ2) is 6.13. The first-order valence-corrected chi connectivity index (χ1v) is 8.77. The van der Waals surface area contributed by atoms with Gasteiger partial charge in [0.1, 0.15) is 0 Å². The van der Waals surface area contributed by atoms with Crippen LogP contribution in [0.2, 0.25) is 0 Å². The van der Waals surface area contributed by atoms with Crippen molar-refractivity contribution in [1.29, 1.82) is 0 Å². The standard InChI is InChI=1S/C17H32N2/c1-3-4-14-5-9-16(10-6-14)19-12-17(15-7-8-15)18-11-13(19)2/h13-18H,3-12H2,1-2H3. The molecule has 0 amide bonds. The molecular weight excluding hydrogens is 232 g/mol. The van der Waals surface area contributed by atoms with Crippen LogP contribution in [0, 0.1) is 11.8 Å². The Morgan fingerprint density at radius 1 is 1.05 bits per heavy atom. The lowest BCUT2D eigenvalue weighted by atomic mass is 9.82. The van der Waals surface area contributed by atoms with Gasteiger partial charge in [-0.05, 0) is 57.3 Å². The first-order chi connectivity index (χ1) is 9.28. The maximum atomic E-state index is 3.79. The van der Waals surface area contributed by atoms with Crippen LogP contribution in [0.4, 0.5) is 0 Å². The molecule has 1 N–H and O–H groups in total. The van der Waals surface area contributed by atoms with E-state index < -0.39 is 0 Å². The van der Waals surface area contributed by atoms with Gasteiger partial charge in [0.05, 0.1) is 0 Å². The fourth-order valence-corrected chi connectivity index (χ4v) is 4.41. The summed E-state index contributed by atoms with van der Waals surface area (Å²) in [4.78, 5) is 2.86. The molecule has 0 spiro atoms. The molecule has 0 bridgehead atoms. The van der Waals surface area contributed by atoms with Crippen molar-refractivity contribution in [3.8, 4) is 0 Å². The Morgan fingerprint density at radius 3 is 2.42 bits per heavy atom. The van der Waals surface area contributed by atoms with Crippen molar-refractivity contribution in [2.75, 3.05) is 13.1 Å². The molecule has 110 valence electrons. The third-order valence-corrected chi connectivity index (χ3v) is 5.82. The molecule has 2 unspecified atom stereocenters. The molecule has 0 radical (unpaired) electrons. The van der Waals surface area contributed by atoms with E-state index >= 15 is 0 Å². The molecule has 1 aliphatic heterocycles. The summed E-state index contributed by atoms with van der Waals surface area (Å²) in [5.74, 6) is 2.05. The SMILES string of the molecule is CCCC1CCC(N2CC(C3CC3)NCC2C)CC1. The van der Waals surface area contributed by atoms with Crippen molar-refractivity contribution in [1.82, 2.24) is 10.2 Å². The Kier molecular flexibility index (Phi) is 4.48. The van der Waals surface area contributed by atoms with Gasteiger partial charge < -0.3 is 5.32 Å². The lowest BCUT2D eigenvalue weighted by Gasteiger charge is -2.46. The highest BCUT2D eigenvalue weighted by atomic mass is 15.3. The van der Waals surface area contributed by atoms with Crippen LogP contribution in [0.25, 0.3) is 0 Å². The van der Waals surface area contributed by atoms with Crippen LogP contribution >= 0.6 is 0 Å². The molecule has 0 aromatic carbocycles. The minimum Gasteiger partial charge on any atom is -0.311 e. The lowest BCUT2D eigenvalue weighted by Crippen LogP contribution is -2.59. The Bertz CT molecular complexity index is 279. The summed E-state index contributed by atoms with van der Waals surface area (Å²) in [5, 5.41) is 3.79. The number of nitrogens with zero attached hydrogens (tertiary/aromatic N) is 1. The first kappa shape index (κ1) is 13.9. The van der Waals surface area contributed by atoms with Gasteiger partial charge in [-0.2, -0.15) is 0 Å². The van der Waals surface area contributed by atoms with Crippen LogP contribution in [-0.4, -0.2) is 36.1 Å². The van der Waals surface area contributed by atoms with Gasteiger partial charge in [-0.15, -0.1) is 0 Å². The fourth-order valence-electron chi connectivity index (χ4n) is 4.41. The van der Waals surface area contributed by atoms with Crippen LogP contribution in [-0.2, 0) is 0 Å². The van der Waals surface area contributed by atoms with Gasteiger partial charge in [-0.25, -0.2) is 0 Å². The van der Waals surface area contributed by atoms with Crippen molar-refractivity contribution in [2.45, 2.75) is 83.3 Å². The number of piperazine rings is 1. The van der Waals surface area contributed by atoms with Crippen molar-refractivity contribution < 1.29 is 0 Å². The molecule has 2 atom stereocenters. The summed E-state index contributed by atoms with van der Waals surface area (Å²) in [5.41, 5.74) is 0. The topological polar surface area (TPSA) is 15.3 Å². The number of nitrogens with one attached hydrogen (secondary N) is 1. The summed E-state index contributed by atoms with van der Waals surface area (Å²) in [6, 6.07) is 2.46.